The molecule has 0 aliphatic carbocycles. The van der Waals surface area contributed by atoms with Crippen LogP contribution in [-0.2, 0) is 0 Å². The van der Waals surface area contributed by atoms with Gasteiger partial charge in [0.05, 0.1) is 7.11 Å². The first-order valence-electron chi connectivity index (χ1n) is 2.65. The lowest BCUT2D eigenvalue weighted by molar-refractivity contribution is 0.413. The van der Waals surface area contributed by atoms with Crippen molar-refractivity contribution in [3.05, 3.63) is 27.1 Å². The smallest absolute Gasteiger partial charge is 0.129 e. The summed E-state index contributed by atoms with van der Waals surface area (Å²) in [5.41, 5.74) is 0. The van der Waals surface area contributed by atoms with Gasteiger partial charge < -0.3 is 4.74 Å². The van der Waals surface area contributed by atoms with E-state index in [0.717, 1.165) is 14.7 Å². The van der Waals surface area contributed by atoms with Crippen molar-refractivity contribution in [1.29, 1.82) is 0 Å². The molecule has 0 fully saturated rings. The maximum atomic E-state index is 4.96. The first-order valence-corrected chi connectivity index (χ1v) is 4.23. The van der Waals surface area contributed by atoms with E-state index in [-0.39, 0.29) is 0 Å². The second-order valence-electron chi connectivity index (χ2n) is 1.71. The average molecular weight is 265 g/mol. The minimum Gasteiger partial charge on any atom is -0.496 e. The van der Waals surface area contributed by atoms with Crippen LogP contribution in [0.25, 0.3) is 0 Å². The molecule has 0 amide bonds. The zero-order valence-electron chi connectivity index (χ0n) is 5.32. The molecule has 1 radical (unpaired) electrons. The standard InChI is InChI=1S/C7H5Br2O/c1-10-7-3-5(8)2-6(9)4-7/h2-3H,1H3. The van der Waals surface area contributed by atoms with E-state index in [1.807, 2.05) is 12.1 Å². The van der Waals surface area contributed by atoms with Crippen LogP contribution in [0.3, 0.4) is 0 Å². The molecule has 1 aromatic rings. The Kier molecular flexibility index (Phi) is 2.74. The molecule has 0 aromatic heterocycles. The van der Waals surface area contributed by atoms with Gasteiger partial charge in [-0.1, -0.05) is 15.9 Å². The van der Waals surface area contributed by atoms with Gasteiger partial charge in [0.2, 0.25) is 0 Å². The summed E-state index contributed by atoms with van der Waals surface area (Å²) in [6, 6.07) is 6.72. The van der Waals surface area contributed by atoms with Crippen molar-refractivity contribution in [2.24, 2.45) is 0 Å². The Morgan fingerprint density at radius 2 is 2.10 bits per heavy atom. The molecule has 0 spiro atoms. The largest absolute Gasteiger partial charge is 0.496 e. The monoisotopic (exact) mass is 263 g/mol. The molecule has 0 unspecified atom stereocenters. The van der Waals surface area contributed by atoms with Crippen LogP contribution in [0.2, 0.25) is 0 Å². The molecule has 0 atom stereocenters. The van der Waals surface area contributed by atoms with E-state index in [0.29, 0.717) is 0 Å². The van der Waals surface area contributed by atoms with Gasteiger partial charge in [0.15, 0.2) is 0 Å². The van der Waals surface area contributed by atoms with E-state index >= 15 is 0 Å². The summed E-state index contributed by atoms with van der Waals surface area (Å²) in [6.45, 7) is 0. The van der Waals surface area contributed by atoms with Crippen molar-refractivity contribution >= 4 is 31.9 Å². The Morgan fingerprint density at radius 3 is 2.60 bits per heavy atom. The zero-order valence-corrected chi connectivity index (χ0v) is 8.49. The van der Waals surface area contributed by atoms with Crippen LogP contribution in [0.4, 0.5) is 0 Å². The Balaban J connectivity index is 3.06. The highest BCUT2D eigenvalue weighted by Crippen LogP contribution is 2.23. The normalized spacial score (nSPS) is 9.50. The lowest BCUT2D eigenvalue weighted by Crippen LogP contribution is -1.82. The van der Waals surface area contributed by atoms with Gasteiger partial charge in [0.1, 0.15) is 5.75 Å². The minimum absolute atomic E-state index is 0.723. The van der Waals surface area contributed by atoms with Gasteiger partial charge in [-0.2, -0.15) is 0 Å². The fraction of sp³-hybridized carbons (Fsp3) is 0.143. The average Bonchev–Trinajstić information content (AvgIpc) is 1.85. The van der Waals surface area contributed by atoms with Gasteiger partial charge in [-0.3, -0.25) is 0 Å². The number of halogens is 2. The summed E-state index contributed by atoms with van der Waals surface area (Å²) in [5, 5.41) is 0. The molecule has 1 rings (SSSR count). The highest BCUT2D eigenvalue weighted by molar-refractivity contribution is 9.11. The molecule has 0 saturated heterocycles. The molecule has 1 aromatic carbocycles. The number of hydrogen-bond acceptors (Lipinski definition) is 1. The van der Waals surface area contributed by atoms with E-state index in [2.05, 4.69) is 37.9 Å². The van der Waals surface area contributed by atoms with Crippen molar-refractivity contribution in [3.63, 3.8) is 0 Å². The number of methoxy groups -OCH3 is 1. The Hall–Kier alpha value is -0.0200. The Labute approximate surface area is 76.6 Å². The summed E-state index contributed by atoms with van der Waals surface area (Å²) in [4.78, 5) is 0. The second kappa shape index (κ2) is 3.39. The van der Waals surface area contributed by atoms with E-state index in [1.165, 1.54) is 0 Å². The predicted octanol–water partition coefficient (Wildman–Crippen LogP) is 3.02. The molecule has 3 heteroatoms. The molecular formula is C7H5Br2O. The first kappa shape index (κ1) is 8.08. The highest BCUT2D eigenvalue weighted by Gasteiger charge is 1.95. The Morgan fingerprint density at radius 1 is 1.40 bits per heavy atom. The van der Waals surface area contributed by atoms with Crippen LogP contribution in [0.15, 0.2) is 21.1 Å². The van der Waals surface area contributed by atoms with Crippen LogP contribution in [0.5, 0.6) is 5.75 Å². The van der Waals surface area contributed by atoms with Crippen molar-refractivity contribution < 1.29 is 4.74 Å². The van der Waals surface area contributed by atoms with Crippen LogP contribution in [-0.4, -0.2) is 7.11 Å². The second-order valence-corrected chi connectivity index (χ2v) is 3.48. The van der Waals surface area contributed by atoms with Crippen molar-refractivity contribution in [2.45, 2.75) is 0 Å². The number of benzene rings is 1. The van der Waals surface area contributed by atoms with Crippen molar-refractivity contribution in [3.8, 4) is 5.75 Å². The van der Waals surface area contributed by atoms with Gasteiger partial charge in [0, 0.05) is 15.0 Å². The third-order valence-electron chi connectivity index (χ3n) is 0.996. The molecular weight excluding hydrogens is 260 g/mol. The van der Waals surface area contributed by atoms with Crippen molar-refractivity contribution in [2.75, 3.05) is 7.11 Å². The van der Waals surface area contributed by atoms with E-state index < -0.39 is 0 Å². The van der Waals surface area contributed by atoms with Crippen molar-refractivity contribution in [1.82, 2.24) is 0 Å². The van der Waals surface area contributed by atoms with E-state index in [9.17, 15) is 0 Å². The lowest BCUT2D eigenvalue weighted by atomic mass is 10.3. The molecule has 0 bridgehead atoms. The molecule has 0 aliphatic rings. The topological polar surface area (TPSA) is 9.23 Å². The summed E-state index contributed by atoms with van der Waals surface area (Å²) in [5.74, 6) is 0.723. The molecule has 0 heterocycles. The predicted molar refractivity (Wildman–Crippen MR) is 47.2 cm³/mol. The Bertz CT molecular complexity index is 215. The van der Waals surface area contributed by atoms with Gasteiger partial charge >= 0.3 is 0 Å². The van der Waals surface area contributed by atoms with E-state index in [1.54, 1.807) is 7.11 Å². The summed E-state index contributed by atoms with van der Waals surface area (Å²) in [6.07, 6.45) is 0. The van der Waals surface area contributed by atoms with E-state index in [4.69, 9.17) is 4.74 Å². The third-order valence-corrected chi connectivity index (χ3v) is 1.88. The quantitative estimate of drug-likeness (QED) is 0.758. The number of rotatable bonds is 1. The van der Waals surface area contributed by atoms with Gasteiger partial charge in [-0.15, -0.1) is 0 Å². The maximum absolute atomic E-state index is 4.96. The van der Waals surface area contributed by atoms with Crippen LogP contribution >= 0.6 is 31.9 Å². The van der Waals surface area contributed by atoms with Crippen LogP contribution < -0.4 is 4.74 Å². The molecule has 53 valence electrons. The van der Waals surface area contributed by atoms with Crippen LogP contribution in [0, 0.1) is 6.07 Å². The molecule has 0 N–H and O–H groups in total. The third kappa shape index (κ3) is 1.99. The summed E-state index contributed by atoms with van der Waals surface area (Å²) >= 11 is 6.61. The fourth-order valence-corrected chi connectivity index (χ4v) is 1.77. The first-order chi connectivity index (χ1) is 4.72. The summed E-state index contributed by atoms with van der Waals surface area (Å²) in [7, 11) is 1.62. The van der Waals surface area contributed by atoms with Gasteiger partial charge in [-0.25, -0.2) is 0 Å². The van der Waals surface area contributed by atoms with Crippen LogP contribution in [0.1, 0.15) is 0 Å². The lowest BCUT2D eigenvalue weighted by Gasteiger charge is -1.99. The number of ether oxygens (including phenoxy) is 1. The molecule has 0 aliphatic heterocycles. The highest BCUT2D eigenvalue weighted by atomic mass is 79.9. The van der Waals surface area contributed by atoms with Gasteiger partial charge in [-0.05, 0) is 28.1 Å². The summed E-state index contributed by atoms with van der Waals surface area (Å²) < 4.78 is 6.83. The molecule has 1 nitrogen and oxygen atoms in total. The zero-order chi connectivity index (χ0) is 7.56. The SMILES string of the molecule is COc1[c]c(Br)cc(Br)c1. The fourth-order valence-electron chi connectivity index (χ4n) is 0.588. The minimum atomic E-state index is 0.723. The molecule has 10 heavy (non-hydrogen) atoms. The van der Waals surface area contributed by atoms with Gasteiger partial charge in [0.25, 0.3) is 0 Å². The number of hydrogen-bond donors (Lipinski definition) is 0. The molecule has 0 saturated carbocycles. The maximum Gasteiger partial charge on any atom is 0.129 e.